The quantitative estimate of drug-likeness (QED) is 0.785. The first-order valence-electron chi connectivity index (χ1n) is 7.79. The molecule has 1 amide bonds. The molecule has 0 aliphatic rings. The fourth-order valence-electron chi connectivity index (χ4n) is 2.25. The van der Waals surface area contributed by atoms with Gasteiger partial charge in [-0.05, 0) is 36.2 Å². The van der Waals surface area contributed by atoms with Crippen molar-refractivity contribution in [3.8, 4) is 11.8 Å². The number of nitriles is 1. The number of rotatable bonds is 6. The minimum Gasteiger partial charge on any atom is -0.479 e. The van der Waals surface area contributed by atoms with Crippen molar-refractivity contribution in [3.63, 3.8) is 0 Å². The maximum Gasteiger partial charge on any atom is 0.261 e. The fourth-order valence-corrected chi connectivity index (χ4v) is 2.66. The van der Waals surface area contributed by atoms with Crippen molar-refractivity contribution in [3.05, 3.63) is 63.9 Å². The van der Waals surface area contributed by atoms with Gasteiger partial charge in [-0.2, -0.15) is 5.26 Å². The minimum absolute atomic E-state index is 0.0522. The Morgan fingerprint density at radius 2 is 2.04 bits per heavy atom. The standard InChI is InChI=1S/C19H18BrFN2O2/c1-12(2)18(25-17-6-4-3-5-13(17)10-22)19(24)23-11-14-9-15(20)7-8-16(14)21/h3-9,12,18H,11H2,1-2H3,(H,23,24). The second kappa shape index (κ2) is 8.63. The number of para-hydroxylation sites is 1. The number of carbonyl (C=O) groups excluding carboxylic acids is 1. The summed E-state index contributed by atoms with van der Waals surface area (Å²) in [6.45, 7) is 3.74. The Morgan fingerprint density at radius 1 is 1.32 bits per heavy atom. The molecule has 4 nitrogen and oxygen atoms in total. The molecule has 2 aromatic rings. The number of nitrogens with one attached hydrogen (secondary N) is 1. The van der Waals surface area contributed by atoms with Crippen molar-refractivity contribution in [2.45, 2.75) is 26.5 Å². The smallest absolute Gasteiger partial charge is 0.261 e. The molecule has 6 heteroatoms. The van der Waals surface area contributed by atoms with E-state index in [2.05, 4.69) is 21.2 Å². The van der Waals surface area contributed by atoms with Gasteiger partial charge < -0.3 is 10.1 Å². The summed E-state index contributed by atoms with van der Waals surface area (Å²) in [6.07, 6.45) is -0.787. The molecule has 0 aliphatic carbocycles. The van der Waals surface area contributed by atoms with Crippen LogP contribution < -0.4 is 10.1 Å². The Morgan fingerprint density at radius 3 is 2.72 bits per heavy atom. The van der Waals surface area contributed by atoms with E-state index in [0.717, 1.165) is 4.47 Å². The van der Waals surface area contributed by atoms with Gasteiger partial charge >= 0.3 is 0 Å². The zero-order chi connectivity index (χ0) is 18.4. The molecule has 0 aliphatic heterocycles. The van der Waals surface area contributed by atoms with Crippen molar-refractivity contribution in [2.24, 2.45) is 5.92 Å². The van der Waals surface area contributed by atoms with Crippen LogP contribution in [0.25, 0.3) is 0 Å². The summed E-state index contributed by atoms with van der Waals surface area (Å²) in [4.78, 5) is 12.5. The Labute approximate surface area is 154 Å². The zero-order valence-corrected chi connectivity index (χ0v) is 15.5. The molecule has 0 heterocycles. The maximum atomic E-state index is 13.8. The Balaban J connectivity index is 2.10. The average Bonchev–Trinajstić information content (AvgIpc) is 2.60. The van der Waals surface area contributed by atoms with Gasteiger partial charge in [0.1, 0.15) is 17.6 Å². The lowest BCUT2D eigenvalue weighted by atomic mass is 10.1. The first-order chi connectivity index (χ1) is 11.9. The van der Waals surface area contributed by atoms with Gasteiger partial charge in [-0.15, -0.1) is 0 Å². The van der Waals surface area contributed by atoms with Crippen molar-refractivity contribution in [1.29, 1.82) is 5.26 Å². The van der Waals surface area contributed by atoms with E-state index in [-0.39, 0.29) is 24.2 Å². The van der Waals surface area contributed by atoms with E-state index in [1.54, 1.807) is 36.4 Å². The molecule has 0 radical (unpaired) electrons. The number of carbonyl (C=O) groups is 1. The molecule has 130 valence electrons. The highest BCUT2D eigenvalue weighted by atomic mass is 79.9. The third kappa shape index (κ3) is 5.04. The van der Waals surface area contributed by atoms with Gasteiger partial charge in [-0.1, -0.05) is 41.9 Å². The molecule has 1 unspecified atom stereocenters. The van der Waals surface area contributed by atoms with Crippen LogP contribution >= 0.6 is 15.9 Å². The topological polar surface area (TPSA) is 62.1 Å². The third-order valence-corrected chi connectivity index (χ3v) is 4.08. The average molecular weight is 405 g/mol. The lowest BCUT2D eigenvalue weighted by Crippen LogP contribution is -2.41. The van der Waals surface area contributed by atoms with Gasteiger partial charge in [0, 0.05) is 16.6 Å². The number of hydrogen-bond acceptors (Lipinski definition) is 3. The predicted octanol–water partition coefficient (Wildman–Crippen LogP) is 4.18. The largest absolute Gasteiger partial charge is 0.479 e. The number of amides is 1. The second-order valence-electron chi connectivity index (χ2n) is 5.84. The Hall–Kier alpha value is -2.39. The van der Waals surface area contributed by atoms with Crippen LogP contribution in [0.15, 0.2) is 46.9 Å². The summed E-state index contributed by atoms with van der Waals surface area (Å²) >= 11 is 3.28. The lowest BCUT2D eigenvalue weighted by molar-refractivity contribution is -0.130. The van der Waals surface area contributed by atoms with Crippen LogP contribution in [-0.2, 0) is 11.3 Å². The SMILES string of the molecule is CC(C)C(Oc1ccccc1C#N)C(=O)NCc1cc(Br)ccc1F. The lowest BCUT2D eigenvalue weighted by Gasteiger charge is -2.22. The molecule has 0 aromatic heterocycles. The molecule has 2 aromatic carbocycles. The Bertz CT molecular complexity index is 802. The summed E-state index contributed by atoms with van der Waals surface area (Å²) < 4.78 is 20.3. The van der Waals surface area contributed by atoms with Gasteiger partial charge in [0.2, 0.25) is 0 Å². The molecule has 1 N–H and O–H groups in total. The second-order valence-corrected chi connectivity index (χ2v) is 6.76. The van der Waals surface area contributed by atoms with Crippen molar-refractivity contribution in [2.75, 3.05) is 0 Å². The summed E-state index contributed by atoms with van der Waals surface area (Å²) in [5.74, 6) is -0.519. The predicted molar refractivity (Wildman–Crippen MR) is 96.4 cm³/mol. The number of hydrogen-bond donors (Lipinski definition) is 1. The van der Waals surface area contributed by atoms with Crippen LogP contribution in [0.3, 0.4) is 0 Å². The molecule has 1 atom stereocenters. The first-order valence-corrected chi connectivity index (χ1v) is 8.59. The number of nitrogens with zero attached hydrogens (tertiary/aromatic N) is 1. The minimum atomic E-state index is -0.787. The molecule has 0 saturated heterocycles. The van der Waals surface area contributed by atoms with Gasteiger partial charge in [-0.3, -0.25) is 4.79 Å². The van der Waals surface area contributed by atoms with E-state index < -0.39 is 6.10 Å². The van der Waals surface area contributed by atoms with Crippen LogP contribution in [0.4, 0.5) is 4.39 Å². The van der Waals surface area contributed by atoms with Gasteiger partial charge in [0.05, 0.1) is 5.56 Å². The summed E-state index contributed by atoms with van der Waals surface area (Å²) in [5, 5.41) is 11.8. The highest BCUT2D eigenvalue weighted by molar-refractivity contribution is 9.10. The van der Waals surface area contributed by atoms with E-state index >= 15 is 0 Å². The van der Waals surface area contributed by atoms with E-state index in [1.165, 1.54) is 6.07 Å². The van der Waals surface area contributed by atoms with Crippen molar-refractivity contribution < 1.29 is 13.9 Å². The normalized spacial score (nSPS) is 11.7. The van der Waals surface area contributed by atoms with Gasteiger partial charge in [0.15, 0.2) is 6.10 Å². The highest BCUT2D eigenvalue weighted by Gasteiger charge is 2.25. The van der Waals surface area contributed by atoms with E-state index in [1.807, 2.05) is 19.9 Å². The Kier molecular flexibility index (Phi) is 6.54. The molecule has 0 bridgehead atoms. The molecule has 25 heavy (non-hydrogen) atoms. The molecule has 2 rings (SSSR count). The molecule has 0 fully saturated rings. The van der Waals surface area contributed by atoms with Crippen LogP contribution in [0.5, 0.6) is 5.75 Å². The maximum absolute atomic E-state index is 13.8. The van der Waals surface area contributed by atoms with Crippen LogP contribution in [0, 0.1) is 23.1 Å². The number of ether oxygens (including phenoxy) is 1. The summed E-state index contributed by atoms with van der Waals surface area (Å²) in [6, 6.07) is 13.3. The van der Waals surface area contributed by atoms with Crippen molar-refractivity contribution in [1.82, 2.24) is 5.32 Å². The fraction of sp³-hybridized carbons (Fsp3) is 0.263. The van der Waals surface area contributed by atoms with E-state index in [9.17, 15) is 9.18 Å². The molecule has 0 saturated carbocycles. The van der Waals surface area contributed by atoms with Gasteiger partial charge in [0.25, 0.3) is 5.91 Å². The van der Waals surface area contributed by atoms with Crippen LogP contribution in [-0.4, -0.2) is 12.0 Å². The highest BCUT2D eigenvalue weighted by Crippen LogP contribution is 2.21. The summed E-state index contributed by atoms with van der Waals surface area (Å²) in [7, 11) is 0. The van der Waals surface area contributed by atoms with E-state index in [4.69, 9.17) is 10.00 Å². The summed E-state index contributed by atoms with van der Waals surface area (Å²) in [5.41, 5.74) is 0.738. The van der Waals surface area contributed by atoms with Crippen LogP contribution in [0.1, 0.15) is 25.0 Å². The number of halogens is 2. The first kappa shape index (κ1) is 18.9. The monoisotopic (exact) mass is 404 g/mol. The van der Waals surface area contributed by atoms with E-state index in [0.29, 0.717) is 16.9 Å². The van der Waals surface area contributed by atoms with Crippen molar-refractivity contribution >= 4 is 21.8 Å². The van der Waals surface area contributed by atoms with Gasteiger partial charge in [-0.25, -0.2) is 4.39 Å². The molecular weight excluding hydrogens is 387 g/mol. The third-order valence-electron chi connectivity index (χ3n) is 3.59. The molecule has 0 spiro atoms. The molecular formula is C19H18BrFN2O2. The zero-order valence-electron chi connectivity index (χ0n) is 13.9. The van der Waals surface area contributed by atoms with Crippen LogP contribution in [0.2, 0.25) is 0 Å². The number of benzene rings is 2.